The molecule has 0 radical (unpaired) electrons. The van der Waals surface area contributed by atoms with Crippen molar-refractivity contribution in [3.8, 4) is 6.07 Å². The quantitative estimate of drug-likeness (QED) is 0.529. The highest BCUT2D eigenvalue weighted by Gasteiger charge is 2.04. The molecule has 0 saturated carbocycles. The zero-order valence-electron chi connectivity index (χ0n) is 12.4. The summed E-state index contributed by atoms with van der Waals surface area (Å²) in [5.74, 6) is 1.09. The number of methoxy groups -OCH3 is 1. The van der Waals surface area contributed by atoms with Gasteiger partial charge in [0.2, 0.25) is 0 Å². The number of unbranched alkanes of at least 4 members (excludes halogenated alkanes) is 2. The van der Waals surface area contributed by atoms with Gasteiger partial charge in [-0.2, -0.15) is 5.26 Å². The fourth-order valence-electron chi connectivity index (χ4n) is 1.84. The largest absolute Gasteiger partial charge is 0.383 e. The van der Waals surface area contributed by atoms with Crippen molar-refractivity contribution in [2.24, 2.45) is 0 Å². The highest BCUT2D eigenvalue weighted by Crippen LogP contribution is 2.24. The number of nitriles is 1. The van der Waals surface area contributed by atoms with Crippen LogP contribution in [0.1, 0.15) is 37.3 Å². The van der Waals surface area contributed by atoms with Crippen LogP contribution in [-0.4, -0.2) is 26.0 Å². The van der Waals surface area contributed by atoms with Gasteiger partial charge in [-0.05, 0) is 29.9 Å². The summed E-state index contributed by atoms with van der Waals surface area (Å²) in [6.45, 7) is 4.51. The van der Waals surface area contributed by atoms with Gasteiger partial charge in [0.15, 0.2) is 0 Å². The Balaban J connectivity index is 2.50. The van der Waals surface area contributed by atoms with Gasteiger partial charge in [-0.15, -0.1) is 11.8 Å². The van der Waals surface area contributed by atoms with Gasteiger partial charge in [-0.25, -0.2) is 0 Å². The van der Waals surface area contributed by atoms with E-state index in [9.17, 15) is 5.26 Å². The van der Waals surface area contributed by atoms with E-state index >= 15 is 0 Å². The zero-order valence-corrected chi connectivity index (χ0v) is 13.3. The van der Waals surface area contributed by atoms with Crippen molar-refractivity contribution < 1.29 is 4.74 Å². The lowest BCUT2D eigenvalue weighted by Crippen LogP contribution is -2.18. The van der Waals surface area contributed by atoms with Crippen LogP contribution in [0.2, 0.25) is 0 Å². The molecule has 0 fully saturated rings. The molecule has 1 rings (SSSR count). The number of nitrogens with zero attached hydrogens (tertiary/aromatic N) is 1. The van der Waals surface area contributed by atoms with E-state index in [4.69, 9.17) is 4.74 Å². The summed E-state index contributed by atoms with van der Waals surface area (Å²) in [5, 5.41) is 12.5. The summed E-state index contributed by atoms with van der Waals surface area (Å²) in [5.41, 5.74) is 1.94. The minimum Gasteiger partial charge on any atom is -0.383 e. The fourth-order valence-corrected chi connectivity index (χ4v) is 2.83. The van der Waals surface area contributed by atoms with E-state index in [1.807, 2.05) is 6.07 Å². The van der Waals surface area contributed by atoms with Crippen LogP contribution in [0.25, 0.3) is 0 Å². The molecule has 4 heteroatoms. The second-order valence-corrected chi connectivity index (χ2v) is 5.80. The lowest BCUT2D eigenvalue weighted by atomic mass is 10.1. The number of nitrogens with one attached hydrogen (secondary N) is 1. The highest BCUT2D eigenvalue weighted by molar-refractivity contribution is 7.99. The number of hydrogen-bond acceptors (Lipinski definition) is 4. The number of rotatable bonds is 10. The molecule has 110 valence electrons. The predicted octanol–water partition coefficient (Wildman–Crippen LogP) is 3.58. The number of ether oxygens (including phenoxy) is 1. The number of hydrogen-bond donors (Lipinski definition) is 1. The van der Waals surface area contributed by atoms with Crippen LogP contribution in [0.4, 0.5) is 0 Å². The molecule has 0 atom stereocenters. The summed E-state index contributed by atoms with van der Waals surface area (Å²) < 4.78 is 4.99. The van der Waals surface area contributed by atoms with E-state index in [1.54, 1.807) is 18.9 Å². The maximum absolute atomic E-state index is 9.25. The van der Waals surface area contributed by atoms with Crippen LogP contribution in [0.15, 0.2) is 23.1 Å². The molecule has 3 nitrogen and oxygen atoms in total. The summed E-state index contributed by atoms with van der Waals surface area (Å²) in [7, 11) is 1.69. The smallest absolute Gasteiger partial charge is 0.100 e. The highest BCUT2D eigenvalue weighted by atomic mass is 32.2. The molecule has 0 bridgehead atoms. The zero-order chi connectivity index (χ0) is 14.6. The molecule has 0 aromatic heterocycles. The molecule has 0 aliphatic rings. The molecule has 20 heavy (non-hydrogen) atoms. The maximum atomic E-state index is 9.25. The first-order valence-corrected chi connectivity index (χ1v) is 8.15. The predicted molar refractivity (Wildman–Crippen MR) is 85.0 cm³/mol. The fraction of sp³-hybridized carbons (Fsp3) is 0.562. The molecule has 1 aromatic carbocycles. The first kappa shape index (κ1) is 17.0. The lowest BCUT2D eigenvalue weighted by Gasteiger charge is -2.08. The lowest BCUT2D eigenvalue weighted by molar-refractivity contribution is 0.199. The van der Waals surface area contributed by atoms with Crippen LogP contribution in [-0.2, 0) is 11.3 Å². The maximum Gasteiger partial charge on any atom is 0.100 e. The summed E-state index contributed by atoms with van der Waals surface area (Å²) in [6.07, 6.45) is 3.71. The van der Waals surface area contributed by atoms with Crippen LogP contribution in [0.3, 0.4) is 0 Å². The second kappa shape index (κ2) is 10.7. The molecular weight excluding hydrogens is 268 g/mol. The summed E-state index contributed by atoms with van der Waals surface area (Å²) in [6, 6.07) is 8.47. The average molecular weight is 292 g/mol. The molecular formula is C16H24N2OS. The molecule has 1 N–H and O–H groups in total. The molecule has 0 spiro atoms. The molecule has 0 unspecified atom stereocenters. The number of thioether (sulfide) groups is 1. The SMILES string of the molecule is CCCCCSc1ccc(CNCCOC)cc1C#N. The topological polar surface area (TPSA) is 45.0 Å². The number of benzene rings is 1. The molecule has 0 aliphatic heterocycles. The van der Waals surface area contributed by atoms with Crippen LogP contribution in [0.5, 0.6) is 0 Å². The average Bonchev–Trinajstić information content (AvgIpc) is 2.49. The van der Waals surface area contributed by atoms with Gasteiger partial charge in [-0.1, -0.05) is 25.8 Å². The van der Waals surface area contributed by atoms with Gasteiger partial charge < -0.3 is 10.1 Å². The Labute approximate surface area is 126 Å². The third-order valence-corrected chi connectivity index (χ3v) is 4.14. The standard InChI is InChI=1S/C16H24N2OS/c1-3-4-5-10-20-16-7-6-14(11-15(16)12-17)13-18-8-9-19-2/h6-7,11,18H,3-5,8-10,13H2,1-2H3. The van der Waals surface area contributed by atoms with Gasteiger partial charge in [0.1, 0.15) is 6.07 Å². The van der Waals surface area contributed by atoms with Gasteiger partial charge in [0, 0.05) is 25.1 Å². The Bertz CT molecular complexity index is 429. The Kier molecular flexibility index (Phi) is 9.14. The Hall–Kier alpha value is -1.02. The van der Waals surface area contributed by atoms with E-state index in [0.29, 0.717) is 6.61 Å². The van der Waals surface area contributed by atoms with Crippen LogP contribution in [0, 0.1) is 11.3 Å². The van der Waals surface area contributed by atoms with Crippen molar-refractivity contribution in [2.75, 3.05) is 26.0 Å². The molecule has 1 aromatic rings. The van der Waals surface area contributed by atoms with Crippen molar-refractivity contribution in [3.63, 3.8) is 0 Å². The Morgan fingerprint density at radius 2 is 2.20 bits per heavy atom. The Morgan fingerprint density at radius 1 is 1.35 bits per heavy atom. The van der Waals surface area contributed by atoms with Gasteiger partial charge in [-0.3, -0.25) is 0 Å². The van der Waals surface area contributed by atoms with Crippen molar-refractivity contribution in [3.05, 3.63) is 29.3 Å². The third kappa shape index (κ3) is 6.42. The van der Waals surface area contributed by atoms with Gasteiger partial charge in [0.25, 0.3) is 0 Å². The summed E-state index contributed by atoms with van der Waals surface area (Å²) in [4.78, 5) is 1.10. The normalized spacial score (nSPS) is 10.4. The Morgan fingerprint density at radius 3 is 2.90 bits per heavy atom. The van der Waals surface area contributed by atoms with Crippen molar-refractivity contribution in [1.29, 1.82) is 5.26 Å². The molecule has 0 amide bonds. The van der Waals surface area contributed by atoms with Gasteiger partial charge >= 0.3 is 0 Å². The summed E-state index contributed by atoms with van der Waals surface area (Å²) >= 11 is 1.79. The van der Waals surface area contributed by atoms with Crippen LogP contribution < -0.4 is 5.32 Å². The van der Waals surface area contributed by atoms with Crippen LogP contribution >= 0.6 is 11.8 Å². The second-order valence-electron chi connectivity index (χ2n) is 4.67. The van der Waals surface area contributed by atoms with E-state index < -0.39 is 0 Å². The van der Waals surface area contributed by atoms with E-state index in [-0.39, 0.29) is 0 Å². The van der Waals surface area contributed by atoms with Crippen molar-refractivity contribution in [1.82, 2.24) is 5.32 Å². The first-order chi connectivity index (χ1) is 9.81. The monoisotopic (exact) mass is 292 g/mol. The molecule has 0 aliphatic carbocycles. The van der Waals surface area contributed by atoms with E-state index in [0.717, 1.165) is 34.9 Å². The minimum atomic E-state index is 0.705. The van der Waals surface area contributed by atoms with Gasteiger partial charge in [0.05, 0.1) is 12.2 Å². The minimum absolute atomic E-state index is 0.705. The first-order valence-electron chi connectivity index (χ1n) is 7.17. The van der Waals surface area contributed by atoms with E-state index in [1.165, 1.54) is 19.3 Å². The molecule has 0 heterocycles. The van der Waals surface area contributed by atoms with E-state index in [2.05, 4.69) is 30.4 Å². The van der Waals surface area contributed by atoms with Crippen molar-refractivity contribution >= 4 is 11.8 Å². The van der Waals surface area contributed by atoms with Crippen molar-refractivity contribution in [2.45, 2.75) is 37.6 Å². The molecule has 0 saturated heterocycles. The third-order valence-electron chi connectivity index (χ3n) is 2.98.